The van der Waals surface area contributed by atoms with E-state index in [0.717, 1.165) is 5.56 Å². The van der Waals surface area contributed by atoms with Crippen molar-refractivity contribution in [2.45, 2.75) is 6.04 Å². The standard InChI is InChI=1S/C15H15N3O2/c1-2-8-18-9-11-12(14(18)19)13(17-15(20)16-11)10-6-4-3-5-7-10/h2-7,13H,1,8-9H2,(H2,16,17,20). The number of amides is 3. The molecule has 0 radical (unpaired) electrons. The highest BCUT2D eigenvalue weighted by atomic mass is 16.2. The molecule has 1 unspecified atom stereocenters. The van der Waals surface area contributed by atoms with Gasteiger partial charge in [-0.2, -0.15) is 0 Å². The van der Waals surface area contributed by atoms with E-state index in [1.54, 1.807) is 11.0 Å². The topological polar surface area (TPSA) is 61.4 Å². The lowest BCUT2D eigenvalue weighted by Crippen LogP contribution is -2.44. The number of carbonyl (C=O) groups excluding carboxylic acids is 2. The van der Waals surface area contributed by atoms with Crippen LogP contribution in [0.3, 0.4) is 0 Å². The van der Waals surface area contributed by atoms with Crippen molar-refractivity contribution in [1.29, 1.82) is 0 Å². The van der Waals surface area contributed by atoms with E-state index in [2.05, 4.69) is 17.2 Å². The number of nitrogens with one attached hydrogen (secondary N) is 2. The monoisotopic (exact) mass is 269 g/mol. The van der Waals surface area contributed by atoms with Gasteiger partial charge in [0.1, 0.15) is 0 Å². The maximum absolute atomic E-state index is 12.4. The Morgan fingerprint density at radius 1 is 1.30 bits per heavy atom. The van der Waals surface area contributed by atoms with Gasteiger partial charge in [-0.15, -0.1) is 6.58 Å². The molecule has 3 amide bonds. The molecule has 2 aliphatic rings. The van der Waals surface area contributed by atoms with Crippen LogP contribution in [0.15, 0.2) is 54.3 Å². The summed E-state index contributed by atoms with van der Waals surface area (Å²) in [5.41, 5.74) is 2.22. The average Bonchev–Trinajstić information content (AvgIpc) is 2.76. The van der Waals surface area contributed by atoms with Crippen LogP contribution in [0.25, 0.3) is 0 Å². The normalized spacial score (nSPS) is 21.4. The molecule has 1 atom stereocenters. The lowest BCUT2D eigenvalue weighted by molar-refractivity contribution is -0.125. The van der Waals surface area contributed by atoms with Crippen molar-refractivity contribution < 1.29 is 9.59 Å². The van der Waals surface area contributed by atoms with E-state index >= 15 is 0 Å². The molecule has 0 aromatic heterocycles. The molecule has 1 aromatic rings. The van der Waals surface area contributed by atoms with Gasteiger partial charge in [-0.25, -0.2) is 4.79 Å². The van der Waals surface area contributed by atoms with Crippen molar-refractivity contribution in [3.05, 3.63) is 59.8 Å². The Balaban J connectivity index is 1.99. The highest BCUT2D eigenvalue weighted by molar-refractivity contribution is 6.01. The second-order valence-corrected chi connectivity index (χ2v) is 4.81. The molecule has 5 nitrogen and oxygen atoms in total. The summed E-state index contributed by atoms with van der Waals surface area (Å²) >= 11 is 0. The van der Waals surface area contributed by atoms with Crippen LogP contribution in [-0.4, -0.2) is 29.9 Å². The third-order valence-electron chi connectivity index (χ3n) is 3.50. The van der Waals surface area contributed by atoms with Gasteiger partial charge in [-0.05, 0) is 5.56 Å². The fraction of sp³-hybridized carbons (Fsp3) is 0.200. The van der Waals surface area contributed by atoms with Gasteiger partial charge in [0.15, 0.2) is 0 Å². The van der Waals surface area contributed by atoms with Crippen LogP contribution in [0.4, 0.5) is 4.79 Å². The predicted octanol–water partition coefficient (Wildman–Crippen LogP) is 1.32. The number of hydrogen-bond donors (Lipinski definition) is 2. The summed E-state index contributed by atoms with van der Waals surface area (Å²) < 4.78 is 0. The summed E-state index contributed by atoms with van der Waals surface area (Å²) in [5, 5.41) is 5.55. The predicted molar refractivity (Wildman–Crippen MR) is 74.7 cm³/mol. The van der Waals surface area contributed by atoms with E-state index in [4.69, 9.17) is 0 Å². The molecule has 0 saturated heterocycles. The minimum atomic E-state index is -0.387. The van der Waals surface area contributed by atoms with Gasteiger partial charge in [-0.1, -0.05) is 36.4 Å². The van der Waals surface area contributed by atoms with Crippen molar-refractivity contribution in [2.75, 3.05) is 13.1 Å². The van der Waals surface area contributed by atoms with Gasteiger partial charge in [0, 0.05) is 6.54 Å². The van der Waals surface area contributed by atoms with Gasteiger partial charge < -0.3 is 15.5 Å². The Morgan fingerprint density at radius 3 is 2.75 bits per heavy atom. The van der Waals surface area contributed by atoms with Crippen molar-refractivity contribution in [2.24, 2.45) is 0 Å². The first-order valence-corrected chi connectivity index (χ1v) is 6.46. The summed E-state index contributed by atoms with van der Waals surface area (Å²) in [5.74, 6) is -0.0544. The maximum atomic E-state index is 12.4. The lowest BCUT2D eigenvalue weighted by atomic mass is 9.96. The zero-order valence-corrected chi connectivity index (χ0v) is 10.9. The largest absolute Gasteiger partial charge is 0.329 e. The smallest absolute Gasteiger partial charge is 0.319 e. The minimum Gasteiger partial charge on any atom is -0.329 e. The average molecular weight is 269 g/mol. The fourth-order valence-electron chi connectivity index (χ4n) is 2.63. The molecule has 1 aromatic carbocycles. The molecule has 3 rings (SSSR count). The summed E-state index contributed by atoms with van der Waals surface area (Å²) in [7, 11) is 0. The van der Waals surface area contributed by atoms with Crippen molar-refractivity contribution in [3.8, 4) is 0 Å². The molecular weight excluding hydrogens is 254 g/mol. The number of hydrogen-bond acceptors (Lipinski definition) is 2. The van der Waals surface area contributed by atoms with Crippen LogP contribution < -0.4 is 10.6 Å². The van der Waals surface area contributed by atoms with Crippen LogP contribution in [0.1, 0.15) is 11.6 Å². The second-order valence-electron chi connectivity index (χ2n) is 4.81. The van der Waals surface area contributed by atoms with Crippen molar-refractivity contribution >= 4 is 11.9 Å². The van der Waals surface area contributed by atoms with Gasteiger partial charge in [0.25, 0.3) is 5.91 Å². The Morgan fingerprint density at radius 2 is 2.05 bits per heavy atom. The lowest BCUT2D eigenvalue weighted by Gasteiger charge is -2.25. The number of carbonyl (C=O) groups is 2. The molecule has 0 aliphatic carbocycles. The molecule has 0 saturated carbocycles. The minimum absolute atomic E-state index is 0.0544. The number of rotatable bonds is 3. The first kappa shape index (κ1) is 12.5. The van der Waals surface area contributed by atoms with Crippen LogP contribution in [0, 0.1) is 0 Å². The van der Waals surface area contributed by atoms with E-state index in [0.29, 0.717) is 24.4 Å². The molecule has 2 aliphatic heterocycles. The number of nitrogens with zero attached hydrogens (tertiary/aromatic N) is 1. The number of urea groups is 1. The van der Waals surface area contributed by atoms with E-state index in [-0.39, 0.29) is 18.0 Å². The molecular formula is C15H15N3O2. The third-order valence-corrected chi connectivity index (χ3v) is 3.50. The molecule has 2 N–H and O–H groups in total. The van der Waals surface area contributed by atoms with Gasteiger partial charge in [0.05, 0.1) is 23.9 Å². The first-order chi connectivity index (χ1) is 9.70. The number of benzene rings is 1. The van der Waals surface area contributed by atoms with Crippen molar-refractivity contribution in [1.82, 2.24) is 15.5 Å². The SMILES string of the molecule is C=CCN1CC2=C(C1=O)C(c1ccccc1)NC(=O)N2. The molecule has 20 heavy (non-hydrogen) atoms. The summed E-state index contributed by atoms with van der Waals surface area (Å²) in [6, 6.07) is 8.85. The van der Waals surface area contributed by atoms with Gasteiger partial charge >= 0.3 is 6.03 Å². The second kappa shape index (κ2) is 4.85. The molecule has 102 valence electrons. The van der Waals surface area contributed by atoms with Crippen LogP contribution >= 0.6 is 0 Å². The first-order valence-electron chi connectivity index (χ1n) is 6.46. The summed E-state index contributed by atoms with van der Waals surface area (Å²) in [4.78, 5) is 25.9. The Bertz CT molecular complexity index is 607. The molecule has 5 heteroatoms. The Labute approximate surface area is 117 Å². The van der Waals surface area contributed by atoms with E-state index < -0.39 is 0 Å². The van der Waals surface area contributed by atoms with Crippen LogP contribution in [0.2, 0.25) is 0 Å². The molecule has 2 heterocycles. The van der Waals surface area contributed by atoms with Crippen LogP contribution in [-0.2, 0) is 4.79 Å². The van der Waals surface area contributed by atoms with E-state index in [9.17, 15) is 9.59 Å². The zero-order chi connectivity index (χ0) is 14.1. The van der Waals surface area contributed by atoms with Crippen LogP contribution in [0.5, 0.6) is 0 Å². The fourth-order valence-corrected chi connectivity index (χ4v) is 2.63. The van der Waals surface area contributed by atoms with E-state index in [1.165, 1.54) is 0 Å². The van der Waals surface area contributed by atoms with Crippen molar-refractivity contribution in [3.63, 3.8) is 0 Å². The summed E-state index contributed by atoms with van der Waals surface area (Å²) in [6.07, 6.45) is 1.68. The highest BCUT2D eigenvalue weighted by Crippen LogP contribution is 2.32. The highest BCUT2D eigenvalue weighted by Gasteiger charge is 2.39. The van der Waals surface area contributed by atoms with Gasteiger partial charge in [-0.3, -0.25) is 4.79 Å². The van der Waals surface area contributed by atoms with E-state index in [1.807, 2.05) is 30.3 Å². The molecule has 0 spiro atoms. The third kappa shape index (κ3) is 1.97. The zero-order valence-electron chi connectivity index (χ0n) is 10.9. The molecule has 0 bridgehead atoms. The summed E-state index contributed by atoms with van der Waals surface area (Å²) in [6.45, 7) is 4.56. The Hall–Kier alpha value is -2.56. The maximum Gasteiger partial charge on any atom is 0.319 e. The quantitative estimate of drug-likeness (QED) is 0.813. The van der Waals surface area contributed by atoms with Gasteiger partial charge in [0.2, 0.25) is 0 Å². The molecule has 0 fully saturated rings. The Kier molecular flexibility index (Phi) is 3.02.